The molecule has 0 saturated carbocycles. The van der Waals surface area contributed by atoms with Crippen LogP contribution in [0.15, 0.2) is 23.3 Å². The smallest absolute Gasteiger partial charge is 0.191 e. The van der Waals surface area contributed by atoms with Gasteiger partial charge in [0.15, 0.2) is 5.96 Å². The molecule has 144 valence electrons. The minimum atomic E-state index is 0.518. The van der Waals surface area contributed by atoms with Crippen molar-refractivity contribution < 1.29 is 0 Å². The molecule has 2 saturated heterocycles. The topological polar surface area (TPSA) is 55.8 Å². The molecule has 6 nitrogen and oxygen atoms in total. The Balaban J connectivity index is 1.42. The van der Waals surface area contributed by atoms with Crippen LogP contribution in [0.5, 0.6) is 0 Å². The molecule has 2 N–H and O–H groups in total. The summed E-state index contributed by atoms with van der Waals surface area (Å²) in [5.74, 6) is 2.00. The molecule has 6 heteroatoms. The van der Waals surface area contributed by atoms with Crippen LogP contribution in [0.1, 0.15) is 44.6 Å². The molecule has 0 aliphatic carbocycles. The first-order chi connectivity index (χ1) is 12.8. The van der Waals surface area contributed by atoms with Gasteiger partial charge >= 0.3 is 0 Å². The van der Waals surface area contributed by atoms with E-state index in [1.807, 2.05) is 13.2 Å². The standard InChI is InChI=1S/C20H34N6/c1-3-10-25-13-8-18(9-14-25)24-20(21-2)23-16-17-6-7-19(22-15-17)26-11-4-5-12-26/h6-7,15,18H,3-5,8-14,16H2,1-2H3,(H2,21,23,24). The van der Waals surface area contributed by atoms with E-state index in [1.54, 1.807) is 0 Å². The van der Waals surface area contributed by atoms with Gasteiger partial charge in [0, 0.05) is 52.0 Å². The Hall–Kier alpha value is -1.82. The van der Waals surface area contributed by atoms with Gasteiger partial charge in [-0.15, -0.1) is 0 Å². The van der Waals surface area contributed by atoms with Crippen LogP contribution >= 0.6 is 0 Å². The van der Waals surface area contributed by atoms with Crippen LogP contribution in [-0.2, 0) is 6.54 Å². The number of likely N-dealkylation sites (tertiary alicyclic amines) is 1. The number of anilines is 1. The molecule has 2 aliphatic rings. The maximum atomic E-state index is 4.63. The number of aliphatic imine (C=N–C) groups is 1. The zero-order valence-electron chi connectivity index (χ0n) is 16.4. The number of rotatable bonds is 6. The molecule has 3 rings (SSSR count). The monoisotopic (exact) mass is 358 g/mol. The fraction of sp³-hybridized carbons (Fsp3) is 0.700. The second-order valence-electron chi connectivity index (χ2n) is 7.40. The first-order valence-electron chi connectivity index (χ1n) is 10.2. The zero-order valence-corrected chi connectivity index (χ0v) is 16.4. The molecule has 0 atom stereocenters. The van der Waals surface area contributed by atoms with E-state index in [1.165, 1.54) is 57.3 Å². The van der Waals surface area contributed by atoms with Crippen molar-refractivity contribution in [3.63, 3.8) is 0 Å². The molecule has 0 spiro atoms. The Morgan fingerprint density at radius 2 is 1.96 bits per heavy atom. The summed E-state index contributed by atoms with van der Waals surface area (Å²) in [6.07, 6.45) is 8.16. The quantitative estimate of drug-likeness (QED) is 0.603. The van der Waals surface area contributed by atoms with Crippen LogP contribution in [0.4, 0.5) is 5.82 Å². The lowest BCUT2D eigenvalue weighted by atomic mass is 10.1. The zero-order chi connectivity index (χ0) is 18.2. The summed E-state index contributed by atoms with van der Waals surface area (Å²) in [6, 6.07) is 4.83. The Labute approximate surface area is 158 Å². The lowest BCUT2D eigenvalue weighted by molar-refractivity contribution is 0.206. The highest BCUT2D eigenvalue weighted by molar-refractivity contribution is 5.79. The molecule has 0 amide bonds. The normalized spacial score (nSPS) is 19.8. The van der Waals surface area contributed by atoms with E-state index < -0.39 is 0 Å². The number of pyridine rings is 1. The van der Waals surface area contributed by atoms with Gasteiger partial charge in [-0.25, -0.2) is 4.98 Å². The fourth-order valence-electron chi connectivity index (χ4n) is 3.85. The van der Waals surface area contributed by atoms with Crippen molar-refractivity contribution in [1.29, 1.82) is 0 Å². The average molecular weight is 359 g/mol. The molecule has 3 heterocycles. The van der Waals surface area contributed by atoms with E-state index in [-0.39, 0.29) is 0 Å². The van der Waals surface area contributed by atoms with Crippen LogP contribution in [0, 0.1) is 0 Å². The van der Waals surface area contributed by atoms with E-state index in [0.717, 1.165) is 31.4 Å². The third-order valence-electron chi connectivity index (χ3n) is 5.39. The van der Waals surface area contributed by atoms with Gasteiger partial charge in [0.25, 0.3) is 0 Å². The molecular formula is C20H34N6. The van der Waals surface area contributed by atoms with Crippen LogP contribution in [-0.4, -0.2) is 61.7 Å². The first kappa shape index (κ1) is 19.0. The van der Waals surface area contributed by atoms with Crippen molar-refractivity contribution in [3.05, 3.63) is 23.9 Å². The minimum Gasteiger partial charge on any atom is -0.357 e. The van der Waals surface area contributed by atoms with Gasteiger partial charge < -0.3 is 20.4 Å². The Bertz CT molecular complexity index is 556. The molecule has 0 bridgehead atoms. The summed E-state index contributed by atoms with van der Waals surface area (Å²) in [7, 11) is 1.84. The van der Waals surface area contributed by atoms with Gasteiger partial charge in [0.05, 0.1) is 0 Å². The summed E-state index contributed by atoms with van der Waals surface area (Å²) in [6.45, 7) is 8.87. The number of nitrogens with one attached hydrogen (secondary N) is 2. The van der Waals surface area contributed by atoms with Crippen molar-refractivity contribution in [3.8, 4) is 0 Å². The molecule has 1 aromatic rings. The summed E-state index contributed by atoms with van der Waals surface area (Å²) < 4.78 is 0. The first-order valence-corrected chi connectivity index (χ1v) is 10.2. The van der Waals surface area contributed by atoms with Crippen LogP contribution in [0.2, 0.25) is 0 Å². The maximum Gasteiger partial charge on any atom is 0.191 e. The molecular weight excluding hydrogens is 324 g/mol. The Morgan fingerprint density at radius 1 is 1.19 bits per heavy atom. The summed E-state index contributed by atoms with van der Waals surface area (Å²) >= 11 is 0. The predicted molar refractivity (Wildman–Crippen MR) is 109 cm³/mol. The Kier molecular flexibility index (Phi) is 7.12. The largest absolute Gasteiger partial charge is 0.357 e. The molecule has 26 heavy (non-hydrogen) atoms. The van der Waals surface area contributed by atoms with Gasteiger partial charge in [0.1, 0.15) is 5.82 Å². The number of hydrogen-bond donors (Lipinski definition) is 2. The van der Waals surface area contributed by atoms with Crippen molar-refractivity contribution in [1.82, 2.24) is 20.5 Å². The lowest BCUT2D eigenvalue weighted by Crippen LogP contribution is -2.48. The van der Waals surface area contributed by atoms with Crippen LogP contribution in [0.3, 0.4) is 0 Å². The van der Waals surface area contributed by atoms with Gasteiger partial charge in [-0.05, 0) is 50.3 Å². The van der Waals surface area contributed by atoms with Gasteiger partial charge in [0.2, 0.25) is 0 Å². The Morgan fingerprint density at radius 3 is 2.58 bits per heavy atom. The molecule has 2 aliphatic heterocycles. The molecule has 0 radical (unpaired) electrons. The van der Waals surface area contributed by atoms with Crippen molar-refractivity contribution >= 4 is 11.8 Å². The van der Waals surface area contributed by atoms with E-state index >= 15 is 0 Å². The number of nitrogens with zero attached hydrogens (tertiary/aromatic N) is 4. The molecule has 2 fully saturated rings. The molecule has 0 unspecified atom stereocenters. The van der Waals surface area contributed by atoms with Crippen LogP contribution < -0.4 is 15.5 Å². The van der Waals surface area contributed by atoms with Crippen molar-refractivity contribution in [2.45, 2.75) is 51.6 Å². The summed E-state index contributed by atoms with van der Waals surface area (Å²) in [5, 5.41) is 7.01. The summed E-state index contributed by atoms with van der Waals surface area (Å²) in [5.41, 5.74) is 1.19. The van der Waals surface area contributed by atoms with Crippen molar-refractivity contribution in [2.24, 2.45) is 4.99 Å². The maximum absolute atomic E-state index is 4.63. The number of hydrogen-bond acceptors (Lipinski definition) is 4. The highest BCUT2D eigenvalue weighted by atomic mass is 15.2. The van der Waals surface area contributed by atoms with E-state index in [0.29, 0.717) is 6.04 Å². The second-order valence-corrected chi connectivity index (χ2v) is 7.40. The predicted octanol–water partition coefficient (Wildman–Crippen LogP) is 2.22. The van der Waals surface area contributed by atoms with Crippen molar-refractivity contribution in [2.75, 3.05) is 44.7 Å². The van der Waals surface area contributed by atoms with E-state index in [2.05, 4.69) is 49.5 Å². The number of guanidine groups is 1. The van der Waals surface area contributed by atoms with Crippen LogP contribution in [0.25, 0.3) is 0 Å². The van der Waals surface area contributed by atoms with Gasteiger partial charge in [-0.1, -0.05) is 13.0 Å². The third kappa shape index (κ3) is 5.34. The lowest BCUT2D eigenvalue weighted by Gasteiger charge is -2.32. The highest BCUT2D eigenvalue weighted by Crippen LogP contribution is 2.17. The van der Waals surface area contributed by atoms with E-state index in [9.17, 15) is 0 Å². The second kappa shape index (κ2) is 9.76. The summed E-state index contributed by atoms with van der Waals surface area (Å²) in [4.78, 5) is 13.9. The molecule has 0 aromatic carbocycles. The molecule has 1 aromatic heterocycles. The minimum absolute atomic E-state index is 0.518. The number of piperidine rings is 1. The number of aromatic nitrogens is 1. The fourth-order valence-corrected chi connectivity index (χ4v) is 3.85. The SMILES string of the molecule is CCCN1CCC(NC(=NC)NCc2ccc(N3CCCC3)nc2)CC1. The third-order valence-corrected chi connectivity index (χ3v) is 5.39. The highest BCUT2D eigenvalue weighted by Gasteiger charge is 2.19. The van der Waals surface area contributed by atoms with Gasteiger partial charge in [-0.2, -0.15) is 0 Å². The average Bonchev–Trinajstić information content (AvgIpc) is 3.22. The van der Waals surface area contributed by atoms with Gasteiger partial charge in [-0.3, -0.25) is 4.99 Å². The van der Waals surface area contributed by atoms with E-state index in [4.69, 9.17) is 0 Å².